The van der Waals surface area contributed by atoms with E-state index >= 15 is 0 Å². The number of aromatic nitrogens is 5. The molecule has 200 valence electrons. The Bertz CT molecular complexity index is 1590. The fourth-order valence-electron chi connectivity index (χ4n) is 4.52. The van der Waals surface area contributed by atoms with Crippen LogP contribution in [0.2, 0.25) is 0 Å². The SMILES string of the molecule is Cc1nc2cc(C(F)(F)F)c(C(C)Nc3ccc4nc(C(=O)N5CC(C)OC(C)C5)sc4n3)nc2c(=O)[nH]1. The number of amides is 1. The molecule has 0 saturated carbocycles. The highest BCUT2D eigenvalue weighted by atomic mass is 32.1. The molecule has 1 aliphatic heterocycles. The number of fused-ring (bicyclic) bond motifs is 2. The summed E-state index contributed by atoms with van der Waals surface area (Å²) in [4.78, 5) is 46.9. The van der Waals surface area contributed by atoms with Gasteiger partial charge in [-0.25, -0.2) is 19.9 Å². The van der Waals surface area contributed by atoms with Crippen molar-refractivity contribution in [2.24, 2.45) is 0 Å². The number of aryl methyl sites for hydroxylation is 1. The molecule has 5 rings (SSSR count). The van der Waals surface area contributed by atoms with E-state index in [0.717, 1.165) is 17.4 Å². The molecule has 4 aromatic heterocycles. The predicted octanol–water partition coefficient (Wildman–Crippen LogP) is 4.07. The molecule has 0 spiro atoms. The van der Waals surface area contributed by atoms with Crippen LogP contribution < -0.4 is 10.9 Å². The summed E-state index contributed by atoms with van der Waals surface area (Å²) in [5.74, 6) is 0.239. The summed E-state index contributed by atoms with van der Waals surface area (Å²) in [6.45, 7) is 7.68. The van der Waals surface area contributed by atoms with Crippen molar-refractivity contribution < 1.29 is 22.7 Å². The lowest BCUT2D eigenvalue weighted by atomic mass is 10.1. The summed E-state index contributed by atoms with van der Waals surface area (Å²) < 4.78 is 47.4. The van der Waals surface area contributed by atoms with Gasteiger partial charge in [0.15, 0.2) is 10.5 Å². The minimum atomic E-state index is -4.72. The van der Waals surface area contributed by atoms with Crippen LogP contribution >= 0.6 is 11.3 Å². The molecule has 0 radical (unpaired) electrons. The van der Waals surface area contributed by atoms with Gasteiger partial charge in [-0.05, 0) is 45.9 Å². The highest BCUT2D eigenvalue weighted by Gasteiger charge is 2.37. The third kappa shape index (κ3) is 5.05. The third-order valence-electron chi connectivity index (χ3n) is 6.05. The van der Waals surface area contributed by atoms with E-state index in [1.165, 1.54) is 13.8 Å². The summed E-state index contributed by atoms with van der Waals surface area (Å²) in [6, 6.07) is 3.08. The van der Waals surface area contributed by atoms with E-state index in [1.54, 1.807) is 17.0 Å². The summed E-state index contributed by atoms with van der Waals surface area (Å²) in [6.07, 6.45) is -4.90. The van der Waals surface area contributed by atoms with Gasteiger partial charge in [0.2, 0.25) is 0 Å². The average Bonchev–Trinajstić information content (AvgIpc) is 3.25. The van der Waals surface area contributed by atoms with Gasteiger partial charge in [-0.15, -0.1) is 0 Å². The van der Waals surface area contributed by atoms with Crippen LogP contribution in [0.15, 0.2) is 23.0 Å². The molecule has 0 aliphatic carbocycles. The van der Waals surface area contributed by atoms with Crippen LogP contribution in [0.5, 0.6) is 0 Å². The van der Waals surface area contributed by atoms with Crippen molar-refractivity contribution >= 4 is 44.4 Å². The molecular formula is C24H24F3N7O3S. The van der Waals surface area contributed by atoms with Gasteiger partial charge in [-0.2, -0.15) is 13.2 Å². The Kier molecular flexibility index (Phi) is 6.55. The summed E-state index contributed by atoms with van der Waals surface area (Å²) in [5.41, 5.74) is -1.81. The third-order valence-corrected chi connectivity index (χ3v) is 7.01. The second-order valence-electron chi connectivity index (χ2n) is 9.31. The number of hydrogen-bond donors (Lipinski definition) is 2. The minimum Gasteiger partial charge on any atom is -0.372 e. The molecule has 1 fully saturated rings. The number of anilines is 1. The number of thiazole rings is 1. The second kappa shape index (κ2) is 9.58. The highest BCUT2D eigenvalue weighted by molar-refractivity contribution is 7.19. The topological polar surface area (TPSA) is 126 Å². The van der Waals surface area contributed by atoms with E-state index < -0.39 is 23.3 Å². The molecule has 0 aromatic carbocycles. The summed E-state index contributed by atoms with van der Waals surface area (Å²) in [5, 5.41) is 3.21. The maximum absolute atomic E-state index is 13.9. The molecule has 0 bridgehead atoms. The number of halogens is 3. The van der Waals surface area contributed by atoms with Crippen molar-refractivity contribution in [3.05, 3.63) is 50.6 Å². The molecule has 4 aromatic rings. The zero-order chi connectivity index (χ0) is 27.4. The molecular weight excluding hydrogens is 523 g/mol. The summed E-state index contributed by atoms with van der Waals surface area (Å²) in [7, 11) is 0. The Labute approximate surface area is 218 Å². The van der Waals surface area contributed by atoms with Gasteiger partial charge in [-0.1, -0.05) is 11.3 Å². The Balaban J connectivity index is 1.44. The first-order valence-corrected chi connectivity index (χ1v) is 12.7. The van der Waals surface area contributed by atoms with Crippen LogP contribution in [0.25, 0.3) is 21.4 Å². The van der Waals surface area contributed by atoms with Gasteiger partial charge in [0, 0.05) is 13.1 Å². The van der Waals surface area contributed by atoms with Crippen molar-refractivity contribution in [1.29, 1.82) is 0 Å². The van der Waals surface area contributed by atoms with Crippen molar-refractivity contribution in [2.75, 3.05) is 18.4 Å². The second-order valence-corrected chi connectivity index (χ2v) is 10.3. The number of nitrogens with zero attached hydrogens (tertiary/aromatic N) is 5. The van der Waals surface area contributed by atoms with Crippen LogP contribution in [-0.4, -0.2) is 61.0 Å². The molecule has 1 amide bonds. The Morgan fingerprint density at radius 2 is 1.87 bits per heavy atom. The smallest absolute Gasteiger partial charge is 0.372 e. The highest BCUT2D eigenvalue weighted by Crippen LogP contribution is 2.36. The van der Waals surface area contributed by atoms with E-state index in [1.807, 2.05) is 13.8 Å². The Morgan fingerprint density at radius 3 is 2.55 bits per heavy atom. The number of rotatable bonds is 4. The van der Waals surface area contributed by atoms with Gasteiger partial charge in [0.1, 0.15) is 22.0 Å². The number of ether oxygens (including phenoxy) is 1. The average molecular weight is 548 g/mol. The van der Waals surface area contributed by atoms with Crippen molar-refractivity contribution in [3.8, 4) is 0 Å². The van der Waals surface area contributed by atoms with Crippen LogP contribution in [-0.2, 0) is 10.9 Å². The number of hydrogen-bond acceptors (Lipinski definition) is 9. The first kappa shape index (κ1) is 26.0. The van der Waals surface area contributed by atoms with Crippen molar-refractivity contribution in [1.82, 2.24) is 29.8 Å². The first-order valence-electron chi connectivity index (χ1n) is 11.9. The molecule has 38 heavy (non-hydrogen) atoms. The van der Waals surface area contributed by atoms with Crippen LogP contribution in [0.1, 0.15) is 53.7 Å². The summed E-state index contributed by atoms with van der Waals surface area (Å²) >= 11 is 1.11. The van der Waals surface area contributed by atoms with Gasteiger partial charge >= 0.3 is 6.18 Å². The largest absolute Gasteiger partial charge is 0.418 e. The lowest BCUT2D eigenvalue weighted by Crippen LogP contribution is -2.48. The number of aromatic amines is 1. The van der Waals surface area contributed by atoms with E-state index in [-0.39, 0.29) is 51.5 Å². The van der Waals surface area contributed by atoms with Gasteiger partial charge in [-0.3, -0.25) is 9.59 Å². The molecule has 5 heterocycles. The van der Waals surface area contributed by atoms with Crippen molar-refractivity contribution in [2.45, 2.75) is 52.1 Å². The zero-order valence-corrected chi connectivity index (χ0v) is 21.7. The minimum absolute atomic E-state index is 0.0896. The van der Waals surface area contributed by atoms with Crippen molar-refractivity contribution in [3.63, 3.8) is 0 Å². The fourth-order valence-corrected chi connectivity index (χ4v) is 5.42. The standard InChI is InChI=1S/C24H24F3N7O3S/c1-10-8-34(9-11(2)37-10)23(36)22-31-15-5-6-17(32-21(15)38-22)28-12(3)18-14(24(25,26)27)7-16-19(33-18)20(35)30-13(4)29-16/h5-7,10-12H,8-9H2,1-4H3,(H,28,32)(H,29,30,35). The predicted molar refractivity (Wildman–Crippen MR) is 135 cm³/mol. The number of carbonyl (C=O) groups is 1. The van der Waals surface area contributed by atoms with E-state index in [4.69, 9.17) is 4.74 Å². The van der Waals surface area contributed by atoms with Gasteiger partial charge < -0.3 is 19.9 Å². The van der Waals surface area contributed by atoms with Gasteiger partial charge in [0.05, 0.1) is 35.0 Å². The quantitative estimate of drug-likeness (QED) is 0.392. The maximum atomic E-state index is 13.9. The molecule has 1 saturated heterocycles. The number of nitrogens with one attached hydrogen (secondary N) is 2. The van der Waals surface area contributed by atoms with E-state index in [9.17, 15) is 22.8 Å². The molecule has 1 aliphatic rings. The number of morpholine rings is 1. The van der Waals surface area contributed by atoms with Gasteiger partial charge in [0.25, 0.3) is 11.5 Å². The molecule has 10 nitrogen and oxygen atoms in total. The lowest BCUT2D eigenvalue weighted by molar-refractivity contribution is -0.138. The normalized spacial score (nSPS) is 19.2. The molecule has 14 heteroatoms. The number of H-pyrrole nitrogens is 1. The fraction of sp³-hybridized carbons (Fsp3) is 0.417. The van der Waals surface area contributed by atoms with E-state index in [0.29, 0.717) is 23.4 Å². The zero-order valence-electron chi connectivity index (χ0n) is 20.9. The first-order chi connectivity index (χ1) is 17.9. The number of pyridine rings is 2. The molecule has 2 N–H and O–H groups in total. The molecule has 3 atom stereocenters. The van der Waals surface area contributed by atoms with E-state index in [2.05, 4.69) is 30.2 Å². The van der Waals surface area contributed by atoms with Crippen LogP contribution in [0, 0.1) is 6.92 Å². The van der Waals surface area contributed by atoms with Crippen LogP contribution in [0.3, 0.4) is 0 Å². The Morgan fingerprint density at radius 1 is 1.16 bits per heavy atom. The monoisotopic (exact) mass is 547 g/mol. The lowest BCUT2D eigenvalue weighted by Gasteiger charge is -2.34. The Hall–Kier alpha value is -3.65. The van der Waals surface area contributed by atoms with Crippen LogP contribution in [0.4, 0.5) is 19.0 Å². The molecule has 3 unspecified atom stereocenters. The number of alkyl halides is 3. The maximum Gasteiger partial charge on any atom is 0.418 e. The number of carbonyl (C=O) groups excluding carboxylic acids is 1.